The molecule has 0 fully saturated rings. The van der Waals surface area contributed by atoms with Gasteiger partial charge in [0.25, 0.3) is 5.69 Å². The van der Waals surface area contributed by atoms with Crippen LogP contribution in [0.5, 0.6) is 0 Å². The maximum absolute atomic E-state index is 10.8. The van der Waals surface area contributed by atoms with E-state index in [0.717, 1.165) is 12.1 Å². The molecule has 2 N–H and O–H groups in total. The van der Waals surface area contributed by atoms with Crippen molar-refractivity contribution < 1.29 is 14.5 Å². The Morgan fingerprint density at radius 2 is 2.19 bits per heavy atom. The van der Waals surface area contributed by atoms with Gasteiger partial charge in [-0.15, -0.1) is 0 Å². The second-order valence-corrected chi connectivity index (χ2v) is 2.81. The van der Waals surface area contributed by atoms with E-state index in [1.54, 1.807) is 0 Å². The average Bonchev–Trinajstić information content (AvgIpc) is 2.26. The number of rotatable bonds is 3. The molecular weight excluding hydrogens is 214 g/mol. The van der Waals surface area contributed by atoms with Gasteiger partial charge in [-0.3, -0.25) is 19.7 Å². The molecule has 1 aromatic carbocycles. The van der Waals surface area contributed by atoms with Crippen LogP contribution in [0.15, 0.2) is 12.1 Å². The van der Waals surface area contributed by atoms with Crippen molar-refractivity contribution in [2.24, 2.45) is 5.73 Å². The molecule has 0 spiro atoms. The molecule has 16 heavy (non-hydrogen) atoms. The smallest absolute Gasteiger partial charge is 0.288 e. The van der Waals surface area contributed by atoms with Crippen molar-refractivity contribution in [1.82, 2.24) is 0 Å². The fraction of sp³-hybridized carbons (Fsp3) is 0. The number of carbonyl (C=O) groups is 2. The highest BCUT2D eigenvalue weighted by atomic mass is 16.6. The summed E-state index contributed by atoms with van der Waals surface area (Å²) in [5.41, 5.74) is 3.52. The highest BCUT2D eigenvalue weighted by molar-refractivity contribution is 5.96. The van der Waals surface area contributed by atoms with E-state index in [1.165, 1.54) is 6.07 Å². The summed E-state index contributed by atoms with van der Waals surface area (Å²) in [6.07, 6.45) is 0.262. The van der Waals surface area contributed by atoms with Crippen LogP contribution in [0, 0.1) is 21.4 Å². The number of nitriles is 1. The minimum atomic E-state index is -0.907. The number of aldehydes is 1. The third-order valence-corrected chi connectivity index (χ3v) is 1.87. The third-order valence-electron chi connectivity index (χ3n) is 1.87. The van der Waals surface area contributed by atoms with E-state index >= 15 is 0 Å². The van der Waals surface area contributed by atoms with Crippen LogP contribution >= 0.6 is 0 Å². The lowest BCUT2D eigenvalue weighted by molar-refractivity contribution is -0.385. The average molecular weight is 219 g/mol. The molecule has 0 radical (unpaired) electrons. The molecule has 7 nitrogen and oxygen atoms in total. The van der Waals surface area contributed by atoms with Crippen LogP contribution in [0.1, 0.15) is 26.3 Å². The SMILES string of the molecule is N#Cc1c(C=O)cc(C(N)=O)cc1[N+](=O)[O-]. The van der Waals surface area contributed by atoms with Gasteiger partial charge in [0.15, 0.2) is 6.29 Å². The zero-order valence-corrected chi connectivity index (χ0v) is 7.84. The largest absolute Gasteiger partial charge is 0.366 e. The van der Waals surface area contributed by atoms with Gasteiger partial charge in [0.2, 0.25) is 5.91 Å². The van der Waals surface area contributed by atoms with Crippen LogP contribution in [0.3, 0.4) is 0 Å². The van der Waals surface area contributed by atoms with E-state index in [2.05, 4.69) is 0 Å². The fourth-order valence-electron chi connectivity index (χ4n) is 1.15. The molecule has 0 bridgehead atoms. The Bertz CT molecular complexity index is 530. The van der Waals surface area contributed by atoms with E-state index in [9.17, 15) is 19.7 Å². The molecule has 0 atom stereocenters. The van der Waals surface area contributed by atoms with Crippen LogP contribution in [0.4, 0.5) is 5.69 Å². The molecule has 0 saturated heterocycles. The molecule has 0 saturated carbocycles. The highest BCUT2D eigenvalue weighted by Crippen LogP contribution is 2.22. The molecule has 1 aromatic rings. The van der Waals surface area contributed by atoms with Crippen LogP contribution in [-0.4, -0.2) is 17.1 Å². The summed E-state index contributed by atoms with van der Waals surface area (Å²) < 4.78 is 0. The number of nitro benzene ring substituents is 1. The summed E-state index contributed by atoms with van der Waals surface area (Å²) >= 11 is 0. The first-order valence-corrected chi connectivity index (χ1v) is 3.98. The first-order valence-electron chi connectivity index (χ1n) is 3.98. The fourth-order valence-corrected chi connectivity index (χ4v) is 1.15. The molecule has 1 amide bonds. The van der Waals surface area contributed by atoms with E-state index in [0.29, 0.717) is 0 Å². The van der Waals surface area contributed by atoms with Gasteiger partial charge in [-0.2, -0.15) is 5.26 Å². The Kier molecular flexibility index (Phi) is 2.96. The Labute approximate surface area is 89.2 Å². The van der Waals surface area contributed by atoms with Crippen molar-refractivity contribution in [3.05, 3.63) is 38.9 Å². The standard InChI is InChI=1S/C9H5N3O4/c10-3-7-6(4-13)1-5(9(11)14)2-8(7)12(15)16/h1-2,4H,(H2,11,14). The van der Waals surface area contributed by atoms with Gasteiger partial charge in [0.05, 0.1) is 4.92 Å². The number of hydrogen-bond donors (Lipinski definition) is 1. The normalized spacial score (nSPS) is 9.19. The van der Waals surface area contributed by atoms with E-state index < -0.39 is 16.5 Å². The quantitative estimate of drug-likeness (QED) is 0.446. The van der Waals surface area contributed by atoms with Gasteiger partial charge in [-0.25, -0.2) is 0 Å². The molecule has 7 heteroatoms. The molecule has 0 heterocycles. The zero-order valence-electron chi connectivity index (χ0n) is 7.84. The number of benzene rings is 1. The minimum Gasteiger partial charge on any atom is -0.366 e. The highest BCUT2D eigenvalue weighted by Gasteiger charge is 2.20. The molecular formula is C9H5N3O4. The van der Waals surface area contributed by atoms with Crippen molar-refractivity contribution in [3.8, 4) is 6.07 Å². The van der Waals surface area contributed by atoms with Crippen molar-refractivity contribution in [2.45, 2.75) is 0 Å². The minimum absolute atomic E-state index is 0.187. The lowest BCUT2D eigenvalue weighted by Crippen LogP contribution is -2.12. The predicted octanol–water partition coefficient (Wildman–Crippen LogP) is 0.378. The van der Waals surface area contributed by atoms with Crippen LogP contribution in [0.2, 0.25) is 0 Å². The number of nitrogens with zero attached hydrogens (tertiary/aromatic N) is 2. The Hall–Kier alpha value is -2.75. The molecule has 0 aliphatic rings. The van der Waals surface area contributed by atoms with Crippen molar-refractivity contribution >= 4 is 17.9 Å². The summed E-state index contributed by atoms with van der Waals surface area (Å²) in [4.78, 5) is 31.2. The summed E-state index contributed by atoms with van der Waals surface area (Å²) in [6.45, 7) is 0. The number of carbonyl (C=O) groups excluding carboxylic acids is 2. The number of nitro groups is 1. The predicted molar refractivity (Wildman–Crippen MR) is 51.7 cm³/mol. The van der Waals surface area contributed by atoms with Crippen molar-refractivity contribution in [1.29, 1.82) is 5.26 Å². The van der Waals surface area contributed by atoms with Gasteiger partial charge in [0, 0.05) is 17.2 Å². The molecule has 0 aliphatic heterocycles. The monoisotopic (exact) mass is 219 g/mol. The second kappa shape index (κ2) is 4.18. The Morgan fingerprint density at radius 1 is 1.56 bits per heavy atom. The van der Waals surface area contributed by atoms with E-state index in [1.807, 2.05) is 0 Å². The number of hydrogen-bond acceptors (Lipinski definition) is 5. The maximum Gasteiger partial charge on any atom is 0.288 e. The van der Waals surface area contributed by atoms with Gasteiger partial charge in [-0.1, -0.05) is 0 Å². The molecule has 0 unspecified atom stereocenters. The molecule has 0 aromatic heterocycles. The molecule has 80 valence electrons. The van der Waals surface area contributed by atoms with Crippen LogP contribution in [-0.2, 0) is 0 Å². The summed E-state index contributed by atoms with van der Waals surface area (Å²) in [7, 11) is 0. The summed E-state index contributed by atoms with van der Waals surface area (Å²) in [5, 5.41) is 19.3. The van der Waals surface area contributed by atoms with Crippen molar-refractivity contribution in [3.63, 3.8) is 0 Å². The third kappa shape index (κ3) is 1.85. The van der Waals surface area contributed by atoms with Crippen molar-refractivity contribution in [2.75, 3.05) is 0 Å². The van der Waals surface area contributed by atoms with Gasteiger partial charge < -0.3 is 5.73 Å². The zero-order chi connectivity index (χ0) is 12.3. The molecule has 1 rings (SSSR count). The number of amides is 1. The van der Waals surface area contributed by atoms with E-state index in [4.69, 9.17) is 11.0 Å². The van der Waals surface area contributed by atoms with Gasteiger partial charge >= 0.3 is 0 Å². The number of primary amides is 1. The lowest BCUT2D eigenvalue weighted by atomic mass is 10.0. The number of nitrogens with two attached hydrogens (primary N) is 1. The topological polar surface area (TPSA) is 127 Å². The molecule has 0 aliphatic carbocycles. The first-order chi connectivity index (χ1) is 7.51. The maximum atomic E-state index is 10.8. The Balaban J connectivity index is 3.64. The lowest BCUT2D eigenvalue weighted by Gasteiger charge is -2.01. The van der Waals surface area contributed by atoms with Crippen LogP contribution in [0.25, 0.3) is 0 Å². The van der Waals surface area contributed by atoms with Gasteiger partial charge in [0.1, 0.15) is 11.6 Å². The summed E-state index contributed by atoms with van der Waals surface area (Å²) in [5.74, 6) is -0.907. The van der Waals surface area contributed by atoms with Crippen LogP contribution < -0.4 is 5.73 Å². The second-order valence-electron chi connectivity index (χ2n) is 2.81. The van der Waals surface area contributed by atoms with E-state index in [-0.39, 0.29) is 23.0 Å². The Morgan fingerprint density at radius 3 is 2.56 bits per heavy atom. The first kappa shape index (κ1) is 11.3. The summed E-state index contributed by atoms with van der Waals surface area (Å²) in [6, 6.07) is 3.45. The van der Waals surface area contributed by atoms with Gasteiger partial charge in [-0.05, 0) is 6.07 Å².